The SMILES string of the molecule is COc1ccc(C2=NN(C3CCN(C(=O)c4cccc(N(C)C)c4)CC3)C(C=O)C2(C)C)cc1OC. The van der Waals surface area contributed by atoms with E-state index in [9.17, 15) is 9.59 Å². The van der Waals surface area contributed by atoms with Gasteiger partial charge < -0.3 is 24.1 Å². The average molecular weight is 493 g/mol. The number of hydrogen-bond acceptors (Lipinski definition) is 7. The maximum Gasteiger partial charge on any atom is 0.253 e. The number of benzene rings is 2. The monoisotopic (exact) mass is 492 g/mol. The zero-order valence-corrected chi connectivity index (χ0v) is 22.0. The van der Waals surface area contributed by atoms with Crippen molar-refractivity contribution in [3.63, 3.8) is 0 Å². The molecule has 2 aliphatic heterocycles. The molecule has 0 bridgehead atoms. The number of hydrazone groups is 1. The number of methoxy groups -OCH3 is 2. The first kappa shape index (κ1) is 25.5. The van der Waals surface area contributed by atoms with Gasteiger partial charge in [0, 0.05) is 49.4 Å². The Labute approximate surface area is 213 Å². The second kappa shape index (κ2) is 10.2. The highest BCUT2D eigenvalue weighted by atomic mass is 16.5. The van der Waals surface area contributed by atoms with Crippen LogP contribution in [0.2, 0.25) is 0 Å². The van der Waals surface area contributed by atoms with Gasteiger partial charge in [0.1, 0.15) is 12.3 Å². The number of hydrogen-bond donors (Lipinski definition) is 0. The highest BCUT2D eigenvalue weighted by Crippen LogP contribution is 2.40. The highest BCUT2D eigenvalue weighted by Gasteiger charge is 2.47. The van der Waals surface area contributed by atoms with E-state index in [-0.39, 0.29) is 18.0 Å². The summed E-state index contributed by atoms with van der Waals surface area (Å²) in [5.41, 5.74) is 2.96. The molecule has 0 spiro atoms. The Bertz CT molecular complexity index is 1150. The van der Waals surface area contributed by atoms with Gasteiger partial charge in [-0.05, 0) is 49.2 Å². The first-order valence-electron chi connectivity index (χ1n) is 12.3. The molecule has 1 saturated heterocycles. The summed E-state index contributed by atoms with van der Waals surface area (Å²) in [4.78, 5) is 29.4. The minimum Gasteiger partial charge on any atom is -0.493 e. The fourth-order valence-electron chi connectivity index (χ4n) is 5.16. The van der Waals surface area contributed by atoms with E-state index >= 15 is 0 Å². The molecule has 2 heterocycles. The predicted octanol–water partition coefficient (Wildman–Crippen LogP) is 3.69. The summed E-state index contributed by atoms with van der Waals surface area (Å²) in [6.07, 6.45) is 2.51. The molecule has 0 aromatic heterocycles. The molecule has 192 valence electrons. The smallest absolute Gasteiger partial charge is 0.253 e. The lowest BCUT2D eigenvalue weighted by Crippen LogP contribution is -2.50. The van der Waals surface area contributed by atoms with Crippen molar-refractivity contribution in [2.75, 3.05) is 46.3 Å². The molecular weight excluding hydrogens is 456 g/mol. The first-order valence-corrected chi connectivity index (χ1v) is 12.3. The van der Waals surface area contributed by atoms with Crippen LogP contribution >= 0.6 is 0 Å². The maximum atomic E-state index is 13.2. The van der Waals surface area contributed by atoms with Crippen LogP contribution < -0.4 is 14.4 Å². The van der Waals surface area contributed by atoms with Crippen LogP contribution in [0.1, 0.15) is 42.6 Å². The fraction of sp³-hybridized carbons (Fsp3) is 0.464. The van der Waals surface area contributed by atoms with Gasteiger partial charge in [-0.15, -0.1) is 0 Å². The van der Waals surface area contributed by atoms with Crippen molar-refractivity contribution in [1.29, 1.82) is 0 Å². The van der Waals surface area contributed by atoms with Crippen molar-refractivity contribution < 1.29 is 19.1 Å². The third-order valence-corrected chi connectivity index (χ3v) is 7.37. The molecule has 1 fully saturated rings. The standard InChI is InChI=1S/C28H36N4O4/c1-28(2)25(18-33)32(29-26(28)19-10-11-23(35-5)24(17-19)36-6)21-12-14-31(15-13-21)27(34)20-8-7-9-22(16-20)30(3)4/h7-11,16-18,21,25H,12-15H2,1-6H3. The van der Waals surface area contributed by atoms with Crippen molar-refractivity contribution in [2.45, 2.75) is 38.8 Å². The lowest BCUT2D eigenvalue weighted by molar-refractivity contribution is -0.115. The zero-order valence-electron chi connectivity index (χ0n) is 22.0. The minimum atomic E-state index is -0.485. The summed E-state index contributed by atoms with van der Waals surface area (Å²) in [5, 5.41) is 6.96. The number of carbonyl (C=O) groups is 2. The second-order valence-corrected chi connectivity index (χ2v) is 10.2. The number of likely N-dealkylation sites (tertiary alicyclic amines) is 1. The van der Waals surface area contributed by atoms with Gasteiger partial charge in [0.25, 0.3) is 5.91 Å². The normalized spacial score (nSPS) is 19.6. The van der Waals surface area contributed by atoms with E-state index in [0.717, 1.165) is 36.1 Å². The predicted molar refractivity (Wildman–Crippen MR) is 141 cm³/mol. The number of carbonyl (C=O) groups excluding carboxylic acids is 2. The van der Waals surface area contributed by atoms with E-state index in [2.05, 4.69) is 13.8 Å². The van der Waals surface area contributed by atoms with Gasteiger partial charge in [-0.25, -0.2) is 0 Å². The Morgan fingerprint density at radius 3 is 2.36 bits per heavy atom. The average Bonchev–Trinajstić information content (AvgIpc) is 3.17. The second-order valence-electron chi connectivity index (χ2n) is 10.2. The zero-order chi connectivity index (χ0) is 26.0. The van der Waals surface area contributed by atoms with Crippen LogP contribution in [0, 0.1) is 5.41 Å². The lowest BCUT2D eigenvalue weighted by atomic mass is 9.78. The number of nitrogens with zero attached hydrogens (tertiary/aromatic N) is 4. The summed E-state index contributed by atoms with van der Waals surface area (Å²) in [5.74, 6) is 1.31. The first-order chi connectivity index (χ1) is 17.2. The molecule has 1 amide bonds. The molecule has 36 heavy (non-hydrogen) atoms. The van der Waals surface area contributed by atoms with Gasteiger partial charge in [-0.3, -0.25) is 9.80 Å². The molecule has 8 heteroatoms. The van der Waals surface area contributed by atoms with Crippen LogP contribution in [0.25, 0.3) is 0 Å². The summed E-state index contributed by atoms with van der Waals surface area (Å²) >= 11 is 0. The van der Waals surface area contributed by atoms with Gasteiger partial charge in [0.05, 0.1) is 26.0 Å². The molecule has 0 aliphatic carbocycles. The van der Waals surface area contributed by atoms with Crippen molar-refractivity contribution in [2.24, 2.45) is 10.5 Å². The van der Waals surface area contributed by atoms with Gasteiger partial charge in [0.15, 0.2) is 11.5 Å². The number of amides is 1. The molecule has 8 nitrogen and oxygen atoms in total. The van der Waals surface area contributed by atoms with Gasteiger partial charge >= 0.3 is 0 Å². The van der Waals surface area contributed by atoms with Gasteiger partial charge in [0.2, 0.25) is 0 Å². The molecule has 2 aromatic rings. The molecule has 0 N–H and O–H groups in total. The van der Waals surface area contributed by atoms with Crippen molar-refractivity contribution in [3.8, 4) is 11.5 Å². The fourth-order valence-corrected chi connectivity index (χ4v) is 5.16. The van der Waals surface area contributed by atoms with Crippen molar-refractivity contribution in [1.82, 2.24) is 9.91 Å². The summed E-state index contributed by atoms with van der Waals surface area (Å²) in [7, 11) is 7.14. The van der Waals surface area contributed by atoms with E-state index in [0.29, 0.717) is 30.2 Å². The summed E-state index contributed by atoms with van der Waals surface area (Å²) in [6, 6.07) is 13.1. The molecule has 0 saturated carbocycles. The third kappa shape index (κ3) is 4.64. The number of ether oxygens (including phenoxy) is 2. The maximum absolute atomic E-state index is 13.2. The quantitative estimate of drug-likeness (QED) is 0.549. The van der Waals surface area contributed by atoms with Crippen LogP contribution in [0.4, 0.5) is 5.69 Å². The van der Waals surface area contributed by atoms with E-state index < -0.39 is 5.41 Å². The Morgan fingerprint density at radius 1 is 1.06 bits per heavy atom. The van der Waals surface area contributed by atoms with E-state index in [1.165, 1.54) is 0 Å². The Balaban J connectivity index is 1.52. The Hall–Kier alpha value is -3.55. The molecule has 0 radical (unpaired) electrons. The van der Waals surface area contributed by atoms with Crippen molar-refractivity contribution in [3.05, 3.63) is 53.6 Å². The van der Waals surface area contributed by atoms with Crippen LogP contribution in [-0.4, -0.2) is 81.3 Å². The lowest BCUT2D eigenvalue weighted by Gasteiger charge is -2.39. The molecular formula is C28H36N4O4. The molecule has 4 rings (SSSR count). The molecule has 1 unspecified atom stereocenters. The third-order valence-electron chi connectivity index (χ3n) is 7.37. The molecule has 2 aromatic carbocycles. The summed E-state index contributed by atoms with van der Waals surface area (Å²) < 4.78 is 10.9. The number of piperidine rings is 1. The summed E-state index contributed by atoms with van der Waals surface area (Å²) in [6.45, 7) is 5.36. The molecule has 2 aliphatic rings. The van der Waals surface area contributed by atoms with Crippen molar-refractivity contribution >= 4 is 23.6 Å². The minimum absolute atomic E-state index is 0.0420. The topological polar surface area (TPSA) is 74.7 Å². The Kier molecular flexibility index (Phi) is 7.24. The number of anilines is 1. The largest absolute Gasteiger partial charge is 0.493 e. The van der Waals surface area contributed by atoms with Crippen LogP contribution in [0.3, 0.4) is 0 Å². The molecule has 1 atom stereocenters. The van der Waals surface area contributed by atoms with Crippen LogP contribution in [-0.2, 0) is 4.79 Å². The van der Waals surface area contributed by atoms with E-state index in [1.807, 2.05) is 71.4 Å². The van der Waals surface area contributed by atoms with Crippen LogP contribution in [0.15, 0.2) is 47.6 Å². The highest BCUT2D eigenvalue weighted by molar-refractivity contribution is 6.07. The van der Waals surface area contributed by atoms with Crippen LogP contribution in [0.5, 0.6) is 11.5 Å². The number of aldehydes is 1. The Morgan fingerprint density at radius 2 is 1.75 bits per heavy atom. The number of rotatable bonds is 7. The van der Waals surface area contributed by atoms with E-state index in [1.54, 1.807) is 14.2 Å². The van der Waals surface area contributed by atoms with E-state index in [4.69, 9.17) is 14.6 Å². The van der Waals surface area contributed by atoms with Gasteiger partial charge in [-0.1, -0.05) is 19.9 Å². The van der Waals surface area contributed by atoms with Gasteiger partial charge in [-0.2, -0.15) is 5.10 Å².